The van der Waals surface area contributed by atoms with Crippen LogP contribution in [-0.2, 0) is 4.74 Å². The van der Waals surface area contributed by atoms with Gasteiger partial charge in [-0.05, 0) is 27.3 Å². The van der Waals surface area contributed by atoms with E-state index in [9.17, 15) is 0 Å². The van der Waals surface area contributed by atoms with E-state index < -0.39 is 0 Å². The van der Waals surface area contributed by atoms with E-state index in [0.29, 0.717) is 12.1 Å². The Morgan fingerprint density at radius 1 is 1.33 bits per heavy atom. The van der Waals surface area contributed by atoms with Crippen LogP contribution in [0.5, 0.6) is 0 Å². The smallest absolute Gasteiger partial charge is 0.0615 e. The van der Waals surface area contributed by atoms with Crippen LogP contribution in [0.1, 0.15) is 33.6 Å². The number of nitrogens with one attached hydrogen (secondary N) is 1. The molecule has 2 atom stereocenters. The summed E-state index contributed by atoms with van der Waals surface area (Å²) in [6, 6.07) is 1.14. The Kier molecular flexibility index (Phi) is 9.06. The second-order valence-electron chi connectivity index (χ2n) is 4.43. The molecule has 0 aromatic heterocycles. The van der Waals surface area contributed by atoms with E-state index >= 15 is 0 Å². The van der Waals surface area contributed by atoms with Gasteiger partial charge in [-0.2, -0.15) is 0 Å². The summed E-state index contributed by atoms with van der Waals surface area (Å²) in [6.45, 7) is 9.62. The van der Waals surface area contributed by atoms with E-state index in [-0.39, 0.29) is 0 Å². The van der Waals surface area contributed by atoms with Crippen LogP contribution in [-0.4, -0.2) is 50.8 Å². The van der Waals surface area contributed by atoms with Crippen LogP contribution in [0.2, 0.25) is 0 Å². The highest BCUT2D eigenvalue weighted by Gasteiger charge is 2.08. The third-order valence-corrected chi connectivity index (χ3v) is 2.84. The number of likely N-dealkylation sites (N-methyl/N-ethyl adjacent to an activating group) is 1. The second-order valence-corrected chi connectivity index (χ2v) is 4.43. The Morgan fingerprint density at radius 3 is 2.53 bits per heavy atom. The van der Waals surface area contributed by atoms with Gasteiger partial charge in [-0.15, -0.1) is 0 Å². The summed E-state index contributed by atoms with van der Waals surface area (Å²) in [5.74, 6) is 0. The maximum atomic E-state index is 5.13. The fourth-order valence-electron chi connectivity index (χ4n) is 1.61. The molecule has 0 aromatic rings. The summed E-state index contributed by atoms with van der Waals surface area (Å²) in [6.07, 6.45) is 2.52. The molecule has 3 heteroatoms. The molecule has 0 fully saturated rings. The second kappa shape index (κ2) is 9.13. The largest absolute Gasteiger partial charge is 0.383 e. The summed E-state index contributed by atoms with van der Waals surface area (Å²) in [4.78, 5) is 2.33. The number of nitrogens with zero attached hydrogens (tertiary/aromatic N) is 1. The predicted octanol–water partition coefficient (Wildman–Crippen LogP) is 1.73. The summed E-state index contributed by atoms with van der Waals surface area (Å²) < 4.78 is 5.13. The Labute approximate surface area is 95.2 Å². The van der Waals surface area contributed by atoms with Gasteiger partial charge in [-0.3, -0.25) is 0 Å². The van der Waals surface area contributed by atoms with Gasteiger partial charge >= 0.3 is 0 Å². The maximum absolute atomic E-state index is 5.13. The van der Waals surface area contributed by atoms with Crippen molar-refractivity contribution in [2.24, 2.45) is 0 Å². The molecule has 2 unspecified atom stereocenters. The van der Waals surface area contributed by atoms with Crippen molar-refractivity contribution < 1.29 is 4.74 Å². The van der Waals surface area contributed by atoms with Crippen LogP contribution in [0.4, 0.5) is 0 Å². The third kappa shape index (κ3) is 7.77. The molecular formula is C12H28N2O. The van der Waals surface area contributed by atoms with Crippen molar-refractivity contribution in [3.05, 3.63) is 0 Å². The van der Waals surface area contributed by atoms with Gasteiger partial charge in [0.15, 0.2) is 0 Å². The van der Waals surface area contributed by atoms with Gasteiger partial charge in [0, 0.05) is 32.3 Å². The molecule has 0 aromatic carbocycles. The third-order valence-electron chi connectivity index (χ3n) is 2.84. The minimum absolute atomic E-state index is 0.498. The lowest BCUT2D eigenvalue weighted by Crippen LogP contribution is -2.39. The van der Waals surface area contributed by atoms with Gasteiger partial charge < -0.3 is 15.0 Å². The molecule has 0 aliphatic carbocycles. The molecule has 0 radical (unpaired) electrons. The fraction of sp³-hybridized carbons (Fsp3) is 1.00. The quantitative estimate of drug-likeness (QED) is 0.635. The molecule has 0 aliphatic heterocycles. The standard InChI is InChI=1S/C12H28N2O/c1-6-7-11(2)13-8-9-14(4)12(3)10-15-5/h11-13H,6-10H2,1-5H3. The molecule has 92 valence electrons. The van der Waals surface area contributed by atoms with E-state index in [2.05, 4.69) is 38.0 Å². The molecule has 0 rings (SSSR count). The van der Waals surface area contributed by atoms with Crippen LogP contribution in [0.25, 0.3) is 0 Å². The molecule has 0 saturated heterocycles. The normalized spacial score (nSPS) is 15.6. The molecule has 0 aliphatic rings. The molecule has 0 amide bonds. The van der Waals surface area contributed by atoms with Gasteiger partial charge in [-0.1, -0.05) is 13.3 Å². The first kappa shape index (κ1) is 14.9. The predicted molar refractivity (Wildman–Crippen MR) is 66.3 cm³/mol. The molecule has 3 nitrogen and oxygen atoms in total. The van der Waals surface area contributed by atoms with Gasteiger partial charge in [0.2, 0.25) is 0 Å². The minimum atomic E-state index is 0.498. The average molecular weight is 216 g/mol. The summed E-state index contributed by atoms with van der Waals surface area (Å²) in [5.41, 5.74) is 0. The number of hydrogen-bond donors (Lipinski definition) is 1. The summed E-state index contributed by atoms with van der Waals surface area (Å²) in [7, 11) is 3.90. The highest BCUT2D eigenvalue weighted by atomic mass is 16.5. The zero-order valence-corrected chi connectivity index (χ0v) is 11.0. The van der Waals surface area contributed by atoms with Crippen LogP contribution in [0.3, 0.4) is 0 Å². The van der Waals surface area contributed by atoms with Crippen LogP contribution in [0, 0.1) is 0 Å². The van der Waals surface area contributed by atoms with Crippen molar-refractivity contribution in [2.75, 3.05) is 33.9 Å². The van der Waals surface area contributed by atoms with Crippen molar-refractivity contribution >= 4 is 0 Å². The number of rotatable bonds is 9. The van der Waals surface area contributed by atoms with Gasteiger partial charge in [0.1, 0.15) is 0 Å². The van der Waals surface area contributed by atoms with Crippen molar-refractivity contribution in [1.29, 1.82) is 0 Å². The first-order chi connectivity index (χ1) is 7.11. The maximum Gasteiger partial charge on any atom is 0.0615 e. The average Bonchev–Trinajstić information content (AvgIpc) is 2.18. The Morgan fingerprint density at radius 2 is 2.00 bits per heavy atom. The van der Waals surface area contributed by atoms with Crippen molar-refractivity contribution in [3.8, 4) is 0 Å². The van der Waals surface area contributed by atoms with Gasteiger partial charge in [0.05, 0.1) is 6.61 Å². The fourth-order valence-corrected chi connectivity index (χ4v) is 1.61. The number of hydrogen-bond acceptors (Lipinski definition) is 3. The minimum Gasteiger partial charge on any atom is -0.383 e. The highest BCUT2D eigenvalue weighted by Crippen LogP contribution is 1.96. The van der Waals surface area contributed by atoms with Gasteiger partial charge in [0.25, 0.3) is 0 Å². The monoisotopic (exact) mass is 216 g/mol. The molecule has 0 saturated carbocycles. The van der Waals surface area contributed by atoms with Crippen LogP contribution < -0.4 is 5.32 Å². The van der Waals surface area contributed by atoms with Crippen molar-refractivity contribution in [2.45, 2.75) is 45.7 Å². The number of methoxy groups -OCH3 is 1. The molecule has 0 heterocycles. The first-order valence-corrected chi connectivity index (χ1v) is 6.04. The van der Waals surface area contributed by atoms with Gasteiger partial charge in [-0.25, -0.2) is 0 Å². The van der Waals surface area contributed by atoms with E-state index in [1.54, 1.807) is 7.11 Å². The highest BCUT2D eigenvalue weighted by molar-refractivity contribution is 4.65. The summed E-state index contributed by atoms with van der Waals surface area (Å²) >= 11 is 0. The first-order valence-electron chi connectivity index (χ1n) is 6.04. The zero-order chi connectivity index (χ0) is 11.7. The Hall–Kier alpha value is -0.120. The lowest BCUT2D eigenvalue weighted by Gasteiger charge is -2.24. The Balaban J connectivity index is 3.49. The SMILES string of the molecule is CCCC(C)NCCN(C)C(C)COC. The van der Waals surface area contributed by atoms with Crippen molar-refractivity contribution in [1.82, 2.24) is 10.2 Å². The van der Waals surface area contributed by atoms with Crippen LogP contribution in [0.15, 0.2) is 0 Å². The topological polar surface area (TPSA) is 24.5 Å². The number of ether oxygens (including phenoxy) is 1. The summed E-state index contributed by atoms with van der Waals surface area (Å²) in [5, 5.41) is 3.53. The lowest BCUT2D eigenvalue weighted by atomic mass is 10.2. The molecular weight excluding hydrogens is 188 g/mol. The van der Waals surface area contributed by atoms with E-state index in [4.69, 9.17) is 4.74 Å². The lowest BCUT2D eigenvalue weighted by molar-refractivity contribution is 0.115. The van der Waals surface area contributed by atoms with E-state index in [0.717, 1.165) is 19.7 Å². The zero-order valence-electron chi connectivity index (χ0n) is 11.0. The van der Waals surface area contributed by atoms with E-state index in [1.807, 2.05) is 0 Å². The molecule has 0 bridgehead atoms. The Bertz CT molecular complexity index is 142. The molecule has 15 heavy (non-hydrogen) atoms. The van der Waals surface area contributed by atoms with E-state index in [1.165, 1.54) is 12.8 Å². The molecule has 1 N–H and O–H groups in total. The molecule has 0 spiro atoms. The van der Waals surface area contributed by atoms with Crippen molar-refractivity contribution in [3.63, 3.8) is 0 Å². The van der Waals surface area contributed by atoms with Crippen LogP contribution >= 0.6 is 0 Å².